The molecule has 4 heteroatoms. The van der Waals surface area contributed by atoms with E-state index in [4.69, 9.17) is 9.47 Å². The Kier molecular flexibility index (Phi) is 4.30. The highest BCUT2D eigenvalue weighted by atomic mass is 16.5. The molecule has 104 valence electrons. The molecule has 0 bridgehead atoms. The fourth-order valence-electron chi connectivity index (χ4n) is 2.84. The van der Waals surface area contributed by atoms with Crippen molar-refractivity contribution in [3.05, 3.63) is 23.3 Å². The zero-order valence-corrected chi connectivity index (χ0v) is 11.8. The summed E-state index contributed by atoms with van der Waals surface area (Å²) in [6.45, 7) is 2.26. The number of hydrogen-bond acceptors (Lipinski definition) is 3. The van der Waals surface area contributed by atoms with Gasteiger partial charge in [0.15, 0.2) is 11.5 Å². The fraction of sp³-hybridized carbons (Fsp3) is 0.533. The Morgan fingerprint density at radius 2 is 2.16 bits per heavy atom. The minimum Gasteiger partial charge on any atom is -0.493 e. The van der Waals surface area contributed by atoms with Crippen LogP contribution in [0.25, 0.3) is 0 Å². The van der Waals surface area contributed by atoms with Crippen LogP contribution in [-0.4, -0.2) is 26.7 Å². The van der Waals surface area contributed by atoms with Crippen LogP contribution in [0.1, 0.15) is 36.8 Å². The molecule has 0 saturated carbocycles. The molecule has 1 unspecified atom stereocenters. The smallest absolute Gasteiger partial charge is 0.216 e. The molecule has 0 aliphatic heterocycles. The van der Waals surface area contributed by atoms with Crippen molar-refractivity contribution in [1.82, 2.24) is 5.32 Å². The van der Waals surface area contributed by atoms with Crippen LogP contribution in [0.15, 0.2) is 12.1 Å². The van der Waals surface area contributed by atoms with E-state index in [1.807, 2.05) is 6.07 Å². The highest BCUT2D eigenvalue weighted by Gasteiger charge is 2.28. The van der Waals surface area contributed by atoms with E-state index in [-0.39, 0.29) is 5.91 Å². The Labute approximate surface area is 114 Å². The number of ether oxygens (including phenoxy) is 2. The van der Waals surface area contributed by atoms with Crippen LogP contribution in [0.4, 0.5) is 0 Å². The number of carbonyl (C=O) groups is 1. The van der Waals surface area contributed by atoms with Gasteiger partial charge in [-0.25, -0.2) is 0 Å². The first-order valence-corrected chi connectivity index (χ1v) is 6.65. The molecule has 4 nitrogen and oxygen atoms in total. The van der Waals surface area contributed by atoms with E-state index in [2.05, 4.69) is 11.4 Å². The minimum absolute atomic E-state index is 0.0239. The van der Waals surface area contributed by atoms with Gasteiger partial charge in [0.1, 0.15) is 0 Å². The lowest BCUT2D eigenvalue weighted by atomic mass is 9.96. The summed E-state index contributed by atoms with van der Waals surface area (Å²) in [5.41, 5.74) is 2.60. The standard InChI is InChI=1S/C15H21NO3/c1-10(17)16-9-8-12-5-4-11-6-7-13(18-2)15(19-3)14(11)12/h6-7,12H,4-5,8-9H2,1-3H3,(H,16,17). The van der Waals surface area contributed by atoms with Crippen molar-refractivity contribution in [2.75, 3.05) is 20.8 Å². The van der Waals surface area contributed by atoms with Gasteiger partial charge in [0.05, 0.1) is 14.2 Å². The molecular formula is C15H21NO3. The lowest BCUT2D eigenvalue weighted by Crippen LogP contribution is -2.22. The van der Waals surface area contributed by atoms with Crippen LogP contribution in [0.5, 0.6) is 11.5 Å². The van der Waals surface area contributed by atoms with Crippen molar-refractivity contribution >= 4 is 5.91 Å². The van der Waals surface area contributed by atoms with Crippen molar-refractivity contribution < 1.29 is 14.3 Å². The van der Waals surface area contributed by atoms with E-state index < -0.39 is 0 Å². The molecular weight excluding hydrogens is 242 g/mol. The van der Waals surface area contributed by atoms with Gasteiger partial charge in [-0.1, -0.05) is 6.07 Å². The summed E-state index contributed by atoms with van der Waals surface area (Å²) in [6.07, 6.45) is 3.12. The molecule has 0 spiro atoms. The van der Waals surface area contributed by atoms with Crippen LogP contribution in [0.3, 0.4) is 0 Å². The molecule has 19 heavy (non-hydrogen) atoms. The Balaban J connectivity index is 2.19. The van der Waals surface area contributed by atoms with Gasteiger partial charge in [-0.05, 0) is 36.8 Å². The van der Waals surface area contributed by atoms with Gasteiger partial charge in [-0.15, -0.1) is 0 Å². The molecule has 1 aromatic carbocycles. The maximum atomic E-state index is 10.9. The number of nitrogens with one attached hydrogen (secondary N) is 1. The number of amides is 1. The topological polar surface area (TPSA) is 47.6 Å². The third kappa shape index (κ3) is 2.83. The third-order valence-corrected chi connectivity index (χ3v) is 3.71. The molecule has 0 fully saturated rings. The first-order chi connectivity index (χ1) is 9.17. The Morgan fingerprint density at radius 1 is 1.37 bits per heavy atom. The van der Waals surface area contributed by atoms with Crippen molar-refractivity contribution in [3.63, 3.8) is 0 Å². The van der Waals surface area contributed by atoms with Crippen LogP contribution in [0, 0.1) is 0 Å². The molecule has 1 N–H and O–H groups in total. The van der Waals surface area contributed by atoms with Crippen molar-refractivity contribution in [2.24, 2.45) is 0 Å². The van der Waals surface area contributed by atoms with E-state index in [1.165, 1.54) is 11.1 Å². The second-order valence-electron chi connectivity index (χ2n) is 4.88. The quantitative estimate of drug-likeness (QED) is 0.886. The number of benzene rings is 1. The maximum absolute atomic E-state index is 10.9. The van der Waals surface area contributed by atoms with Gasteiger partial charge in [0.2, 0.25) is 5.91 Å². The SMILES string of the molecule is COc1ccc2c(c1OC)C(CCNC(C)=O)CC2. The molecule has 1 amide bonds. The highest BCUT2D eigenvalue weighted by Crippen LogP contribution is 2.45. The van der Waals surface area contributed by atoms with Crippen LogP contribution >= 0.6 is 0 Å². The summed E-state index contributed by atoms with van der Waals surface area (Å²) < 4.78 is 10.9. The van der Waals surface area contributed by atoms with E-state index >= 15 is 0 Å². The van der Waals surface area contributed by atoms with Gasteiger partial charge < -0.3 is 14.8 Å². The predicted octanol–water partition coefficient (Wildman–Crippen LogP) is 2.26. The third-order valence-electron chi connectivity index (χ3n) is 3.71. The highest BCUT2D eigenvalue weighted by molar-refractivity contribution is 5.72. The predicted molar refractivity (Wildman–Crippen MR) is 73.9 cm³/mol. The molecule has 0 radical (unpaired) electrons. The summed E-state index contributed by atoms with van der Waals surface area (Å²) in [4.78, 5) is 10.9. The lowest BCUT2D eigenvalue weighted by molar-refractivity contribution is -0.118. The average Bonchev–Trinajstić information content (AvgIpc) is 2.80. The second kappa shape index (κ2) is 5.95. The zero-order chi connectivity index (χ0) is 13.8. The van der Waals surface area contributed by atoms with Crippen LogP contribution < -0.4 is 14.8 Å². The molecule has 0 aromatic heterocycles. The van der Waals surface area contributed by atoms with Gasteiger partial charge in [-0.2, -0.15) is 0 Å². The Bertz CT molecular complexity index is 471. The molecule has 1 aliphatic rings. The van der Waals surface area contributed by atoms with E-state index in [0.29, 0.717) is 12.5 Å². The first-order valence-electron chi connectivity index (χ1n) is 6.65. The maximum Gasteiger partial charge on any atom is 0.216 e. The molecule has 1 aliphatic carbocycles. The summed E-state index contributed by atoms with van der Waals surface area (Å²) >= 11 is 0. The second-order valence-corrected chi connectivity index (χ2v) is 4.88. The van der Waals surface area contributed by atoms with Crippen molar-refractivity contribution in [1.29, 1.82) is 0 Å². The molecule has 2 rings (SSSR count). The van der Waals surface area contributed by atoms with E-state index in [1.54, 1.807) is 21.1 Å². The summed E-state index contributed by atoms with van der Waals surface area (Å²) in [7, 11) is 3.34. The van der Waals surface area contributed by atoms with Gasteiger partial charge in [-0.3, -0.25) is 4.79 Å². The van der Waals surface area contributed by atoms with E-state index in [0.717, 1.165) is 30.8 Å². The largest absolute Gasteiger partial charge is 0.493 e. The Morgan fingerprint density at radius 3 is 2.79 bits per heavy atom. The number of fused-ring (bicyclic) bond motifs is 1. The number of rotatable bonds is 5. The molecule has 1 aromatic rings. The average molecular weight is 263 g/mol. The van der Waals surface area contributed by atoms with Gasteiger partial charge in [0.25, 0.3) is 0 Å². The number of methoxy groups -OCH3 is 2. The zero-order valence-electron chi connectivity index (χ0n) is 11.8. The van der Waals surface area contributed by atoms with Gasteiger partial charge >= 0.3 is 0 Å². The van der Waals surface area contributed by atoms with Crippen molar-refractivity contribution in [2.45, 2.75) is 32.1 Å². The fourth-order valence-corrected chi connectivity index (χ4v) is 2.84. The monoisotopic (exact) mass is 263 g/mol. The van der Waals surface area contributed by atoms with Crippen molar-refractivity contribution in [3.8, 4) is 11.5 Å². The Hall–Kier alpha value is -1.71. The molecule has 0 saturated heterocycles. The lowest BCUT2D eigenvalue weighted by Gasteiger charge is -2.17. The summed E-state index contributed by atoms with van der Waals surface area (Å²) in [5.74, 6) is 2.10. The molecule has 1 atom stereocenters. The summed E-state index contributed by atoms with van der Waals surface area (Å²) in [5, 5.41) is 2.86. The van der Waals surface area contributed by atoms with Crippen LogP contribution in [0.2, 0.25) is 0 Å². The first kappa shape index (κ1) is 13.7. The number of carbonyl (C=O) groups excluding carboxylic acids is 1. The minimum atomic E-state index is 0.0239. The molecule has 0 heterocycles. The number of aryl methyl sites for hydroxylation is 1. The van der Waals surface area contributed by atoms with Crippen LogP contribution in [-0.2, 0) is 11.2 Å². The van der Waals surface area contributed by atoms with E-state index in [9.17, 15) is 4.79 Å². The summed E-state index contributed by atoms with van der Waals surface area (Å²) in [6, 6.07) is 4.09. The number of hydrogen-bond donors (Lipinski definition) is 1. The normalized spacial score (nSPS) is 16.9. The van der Waals surface area contributed by atoms with Gasteiger partial charge in [0, 0.05) is 19.0 Å².